The Balaban J connectivity index is 2.02. The van der Waals surface area contributed by atoms with Crippen LogP contribution in [0.5, 0.6) is 0 Å². The molecule has 0 aliphatic rings. The first-order chi connectivity index (χ1) is 9.54. The number of halogens is 2. The number of fused-ring (bicyclic) bond motifs is 1. The Kier molecular flexibility index (Phi) is 2.98. The van der Waals surface area contributed by atoms with Gasteiger partial charge in [-0.25, -0.2) is 18.7 Å². The molecule has 0 radical (unpaired) electrons. The van der Waals surface area contributed by atoms with E-state index in [0.717, 1.165) is 17.6 Å². The van der Waals surface area contributed by atoms with Crippen LogP contribution in [0.2, 0.25) is 0 Å². The van der Waals surface area contributed by atoms with E-state index in [-0.39, 0.29) is 0 Å². The summed E-state index contributed by atoms with van der Waals surface area (Å²) >= 11 is 1.28. The Morgan fingerprint density at radius 1 is 1.10 bits per heavy atom. The molecule has 3 aromatic rings. The maximum absolute atomic E-state index is 13.3. The minimum absolute atomic E-state index is 0.445. The molecule has 2 aromatic heterocycles. The van der Waals surface area contributed by atoms with Crippen molar-refractivity contribution in [2.24, 2.45) is 0 Å². The van der Waals surface area contributed by atoms with Crippen LogP contribution in [0.4, 0.5) is 25.4 Å². The number of anilines is 3. The maximum atomic E-state index is 13.3. The second-order valence-electron chi connectivity index (χ2n) is 4.20. The molecule has 0 fully saturated rings. The molecule has 3 rings (SSSR count). The Morgan fingerprint density at radius 3 is 2.65 bits per heavy atom. The highest BCUT2D eigenvalue weighted by Gasteiger charge is 2.11. The van der Waals surface area contributed by atoms with Gasteiger partial charge in [-0.2, -0.15) is 0 Å². The van der Waals surface area contributed by atoms with Crippen molar-refractivity contribution in [3.8, 4) is 0 Å². The van der Waals surface area contributed by atoms with Crippen molar-refractivity contribution in [3.63, 3.8) is 0 Å². The van der Waals surface area contributed by atoms with E-state index >= 15 is 0 Å². The molecular weight excluding hydrogens is 282 g/mol. The van der Waals surface area contributed by atoms with Crippen molar-refractivity contribution in [3.05, 3.63) is 42.0 Å². The molecule has 1 aromatic carbocycles. The van der Waals surface area contributed by atoms with Crippen molar-refractivity contribution < 1.29 is 8.78 Å². The van der Waals surface area contributed by atoms with Crippen LogP contribution in [0.25, 0.3) is 10.3 Å². The van der Waals surface area contributed by atoms with Crippen LogP contribution in [0, 0.1) is 11.6 Å². The van der Waals surface area contributed by atoms with Crippen LogP contribution in [0.1, 0.15) is 0 Å². The molecule has 2 N–H and O–H groups in total. The topological polar surface area (TPSA) is 55.0 Å². The smallest absolute Gasteiger partial charge is 0.182 e. The molecule has 102 valence electrons. The SMILES string of the molecule is CN(c1ccc(F)c(F)c1)c1ccc2nc(N)sc2n1. The second kappa shape index (κ2) is 4.68. The lowest BCUT2D eigenvalue weighted by atomic mass is 10.2. The maximum Gasteiger partial charge on any atom is 0.182 e. The number of nitrogens with two attached hydrogens (primary N) is 1. The van der Waals surface area contributed by atoms with Crippen LogP contribution in [-0.2, 0) is 0 Å². The van der Waals surface area contributed by atoms with E-state index in [1.807, 2.05) is 0 Å². The first kappa shape index (κ1) is 12.7. The van der Waals surface area contributed by atoms with E-state index in [9.17, 15) is 8.78 Å². The molecule has 4 nitrogen and oxygen atoms in total. The lowest BCUT2D eigenvalue weighted by Gasteiger charge is -2.18. The van der Waals surface area contributed by atoms with E-state index in [2.05, 4.69) is 9.97 Å². The number of thiazole rings is 1. The van der Waals surface area contributed by atoms with Crippen LogP contribution >= 0.6 is 11.3 Å². The quantitative estimate of drug-likeness (QED) is 0.787. The number of rotatable bonds is 2. The Morgan fingerprint density at radius 2 is 1.90 bits per heavy atom. The van der Waals surface area contributed by atoms with Crippen molar-refractivity contribution in [2.45, 2.75) is 0 Å². The Bertz CT molecular complexity index is 787. The van der Waals surface area contributed by atoms with Gasteiger partial charge in [0.2, 0.25) is 0 Å². The average Bonchev–Trinajstić information content (AvgIpc) is 2.80. The Labute approximate surface area is 117 Å². The third kappa shape index (κ3) is 2.16. The van der Waals surface area contributed by atoms with E-state index < -0.39 is 11.6 Å². The van der Waals surface area contributed by atoms with Crippen molar-refractivity contribution in [1.82, 2.24) is 9.97 Å². The first-order valence-corrected chi connectivity index (χ1v) is 6.58. The number of pyridine rings is 1. The van der Waals surface area contributed by atoms with E-state index in [0.29, 0.717) is 21.5 Å². The van der Waals surface area contributed by atoms with Gasteiger partial charge in [0.25, 0.3) is 0 Å². The third-order valence-corrected chi connectivity index (χ3v) is 3.69. The summed E-state index contributed by atoms with van der Waals surface area (Å²) in [6.45, 7) is 0. The molecule has 0 saturated carbocycles. The van der Waals surface area contributed by atoms with Gasteiger partial charge in [-0.15, -0.1) is 0 Å². The monoisotopic (exact) mass is 292 g/mol. The van der Waals surface area contributed by atoms with Crippen LogP contribution in [0.15, 0.2) is 30.3 Å². The molecule has 7 heteroatoms. The number of aromatic nitrogens is 2. The lowest BCUT2D eigenvalue weighted by molar-refractivity contribution is 0.509. The number of benzene rings is 1. The fraction of sp³-hybridized carbons (Fsp3) is 0.0769. The number of nitrogens with zero attached hydrogens (tertiary/aromatic N) is 3. The molecule has 0 aliphatic carbocycles. The summed E-state index contributed by atoms with van der Waals surface area (Å²) in [5, 5.41) is 0.445. The fourth-order valence-corrected chi connectivity index (χ4v) is 2.54. The van der Waals surface area contributed by atoms with Gasteiger partial charge in [-0.3, -0.25) is 0 Å². The molecular formula is C13H10F2N4S. The highest BCUT2D eigenvalue weighted by Crippen LogP contribution is 2.28. The first-order valence-electron chi connectivity index (χ1n) is 5.76. The van der Waals surface area contributed by atoms with Crippen molar-refractivity contribution >= 4 is 38.3 Å². The van der Waals surface area contributed by atoms with E-state index in [1.54, 1.807) is 24.1 Å². The van der Waals surface area contributed by atoms with Gasteiger partial charge in [0, 0.05) is 18.8 Å². The normalized spacial score (nSPS) is 10.9. The Hall–Kier alpha value is -2.28. The number of hydrogen-bond acceptors (Lipinski definition) is 5. The molecule has 0 unspecified atom stereocenters. The summed E-state index contributed by atoms with van der Waals surface area (Å²) in [7, 11) is 1.73. The summed E-state index contributed by atoms with van der Waals surface area (Å²) in [6, 6.07) is 7.25. The number of nitrogen functional groups attached to an aromatic ring is 1. The van der Waals surface area contributed by atoms with Gasteiger partial charge >= 0.3 is 0 Å². The minimum Gasteiger partial charge on any atom is -0.375 e. The van der Waals surface area contributed by atoms with Crippen LogP contribution < -0.4 is 10.6 Å². The predicted molar refractivity (Wildman–Crippen MR) is 76.2 cm³/mol. The van der Waals surface area contributed by atoms with Gasteiger partial charge in [-0.05, 0) is 24.3 Å². The van der Waals surface area contributed by atoms with Crippen LogP contribution in [-0.4, -0.2) is 17.0 Å². The molecule has 0 atom stereocenters. The summed E-state index contributed by atoms with van der Waals surface area (Å²) in [4.78, 5) is 10.9. The summed E-state index contributed by atoms with van der Waals surface area (Å²) in [5.74, 6) is -1.16. The largest absolute Gasteiger partial charge is 0.375 e. The van der Waals surface area contributed by atoms with Gasteiger partial charge in [0.15, 0.2) is 16.8 Å². The zero-order valence-electron chi connectivity index (χ0n) is 10.5. The molecule has 0 bridgehead atoms. The predicted octanol–water partition coefficient (Wildman–Crippen LogP) is 3.32. The standard InChI is InChI=1S/C13H10F2N4S/c1-19(7-2-3-8(14)9(15)6-7)11-5-4-10-12(18-11)20-13(16)17-10/h2-6H,1H3,(H2,16,17). The summed E-state index contributed by atoms with van der Waals surface area (Å²) < 4.78 is 26.2. The second-order valence-corrected chi connectivity index (χ2v) is 5.21. The molecule has 20 heavy (non-hydrogen) atoms. The van der Waals surface area contributed by atoms with Crippen molar-refractivity contribution in [1.29, 1.82) is 0 Å². The lowest BCUT2D eigenvalue weighted by Crippen LogP contribution is -2.11. The van der Waals surface area contributed by atoms with Crippen molar-refractivity contribution in [2.75, 3.05) is 17.7 Å². The molecule has 0 amide bonds. The number of hydrogen-bond donors (Lipinski definition) is 1. The van der Waals surface area contributed by atoms with Gasteiger partial charge in [-0.1, -0.05) is 11.3 Å². The molecule has 0 saturated heterocycles. The highest BCUT2D eigenvalue weighted by atomic mass is 32.1. The van der Waals surface area contributed by atoms with Gasteiger partial charge in [0.1, 0.15) is 16.2 Å². The summed E-state index contributed by atoms with van der Waals surface area (Å²) in [5.41, 5.74) is 6.85. The van der Waals surface area contributed by atoms with Gasteiger partial charge < -0.3 is 10.6 Å². The van der Waals surface area contributed by atoms with Gasteiger partial charge in [0.05, 0.1) is 0 Å². The zero-order valence-corrected chi connectivity index (χ0v) is 11.3. The van der Waals surface area contributed by atoms with Crippen LogP contribution in [0.3, 0.4) is 0 Å². The molecule has 2 heterocycles. The zero-order chi connectivity index (χ0) is 14.3. The fourth-order valence-electron chi connectivity index (χ4n) is 1.84. The molecule has 0 spiro atoms. The third-order valence-electron chi connectivity index (χ3n) is 2.89. The van der Waals surface area contributed by atoms with E-state index in [4.69, 9.17) is 5.73 Å². The van der Waals surface area contributed by atoms with E-state index in [1.165, 1.54) is 17.4 Å². The molecule has 0 aliphatic heterocycles. The average molecular weight is 292 g/mol. The highest BCUT2D eigenvalue weighted by molar-refractivity contribution is 7.21. The summed E-state index contributed by atoms with van der Waals surface area (Å²) in [6.07, 6.45) is 0. The minimum atomic E-state index is -0.891.